The van der Waals surface area contributed by atoms with Crippen LogP contribution in [0.5, 0.6) is 5.75 Å². The molecule has 0 spiro atoms. The number of likely N-dealkylation sites (tertiary alicyclic amines) is 1. The van der Waals surface area contributed by atoms with E-state index in [0.29, 0.717) is 17.2 Å². The normalized spacial score (nSPS) is 20.6. The molecular formula is C17H22ClNO5. The van der Waals surface area contributed by atoms with E-state index in [4.69, 9.17) is 25.8 Å². The molecule has 0 aromatic heterocycles. The number of hydrogen-bond acceptors (Lipinski definition) is 5. The molecule has 1 aromatic rings. The van der Waals surface area contributed by atoms with Crippen LogP contribution < -0.4 is 4.74 Å². The van der Waals surface area contributed by atoms with Crippen LogP contribution in [0.4, 0.5) is 4.79 Å². The van der Waals surface area contributed by atoms with Crippen LogP contribution in [0.1, 0.15) is 27.2 Å². The molecule has 0 N–H and O–H groups in total. The molecule has 2 atom stereocenters. The van der Waals surface area contributed by atoms with Gasteiger partial charge in [-0.3, -0.25) is 4.90 Å². The number of esters is 1. The third-order valence-electron chi connectivity index (χ3n) is 3.46. The van der Waals surface area contributed by atoms with Crippen molar-refractivity contribution in [3.63, 3.8) is 0 Å². The smallest absolute Gasteiger partial charge is 0.411 e. The average molecular weight is 356 g/mol. The largest absolute Gasteiger partial charge is 0.488 e. The maximum absolute atomic E-state index is 12.4. The Kier molecular flexibility index (Phi) is 5.59. The second-order valence-electron chi connectivity index (χ2n) is 6.60. The van der Waals surface area contributed by atoms with Crippen LogP contribution in [-0.4, -0.2) is 48.4 Å². The Balaban J connectivity index is 2.11. The van der Waals surface area contributed by atoms with Crippen LogP contribution in [0.25, 0.3) is 0 Å². The van der Waals surface area contributed by atoms with Crippen LogP contribution >= 0.6 is 11.6 Å². The summed E-state index contributed by atoms with van der Waals surface area (Å²) >= 11 is 5.94. The predicted molar refractivity (Wildman–Crippen MR) is 89.2 cm³/mol. The molecule has 1 unspecified atom stereocenters. The lowest BCUT2D eigenvalue weighted by atomic mass is 10.2. The van der Waals surface area contributed by atoms with Gasteiger partial charge >= 0.3 is 12.1 Å². The second-order valence-corrected chi connectivity index (χ2v) is 7.04. The summed E-state index contributed by atoms with van der Waals surface area (Å²) in [7, 11) is 1.29. The number of hydrogen-bond donors (Lipinski definition) is 0. The van der Waals surface area contributed by atoms with Crippen molar-refractivity contribution in [1.82, 2.24) is 4.90 Å². The molecule has 1 fully saturated rings. The van der Waals surface area contributed by atoms with Gasteiger partial charge in [0.2, 0.25) is 0 Å². The molecule has 0 bridgehead atoms. The van der Waals surface area contributed by atoms with E-state index in [1.165, 1.54) is 12.0 Å². The lowest BCUT2D eigenvalue weighted by Crippen LogP contribution is -2.44. The molecular weight excluding hydrogens is 334 g/mol. The SMILES string of the molecule is COC(=O)C1C[C@H](Oc2cccc(Cl)c2)CN1C(=O)OC(C)(C)C. The van der Waals surface area contributed by atoms with Gasteiger partial charge in [-0.15, -0.1) is 0 Å². The molecule has 1 aliphatic heterocycles. The summed E-state index contributed by atoms with van der Waals surface area (Å²) in [5.74, 6) is 0.0974. The van der Waals surface area contributed by atoms with Gasteiger partial charge in [-0.2, -0.15) is 0 Å². The van der Waals surface area contributed by atoms with Crippen molar-refractivity contribution in [3.8, 4) is 5.75 Å². The highest BCUT2D eigenvalue weighted by Crippen LogP contribution is 2.27. The summed E-state index contributed by atoms with van der Waals surface area (Å²) in [5.41, 5.74) is -0.649. The Bertz CT molecular complexity index is 613. The molecule has 1 aliphatic rings. The summed E-state index contributed by atoms with van der Waals surface area (Å²) in [5, 5.41) is 0.555. The first kappa shape index (κ1) is 18.4. The number of carbonyl (C=O) groups is 2. The van der Waals surface area contributed by atoms with Crippen molar-refractivity contribution in [1.29, 1.82) is 0 Å². The predicted octanol–water partition coefficient (Wildman–Crippen LogP) is 3.27. The van der Waals surface area contributed by atoms with Gasteiger partial charge in [-0.1, -0.05) is 17.7 Å². The van der Waals surface area contributed by atoms with Gasteiger partial charge < -0.3 is 14.2 Å². The fourth-order valence-corrected chi connectivity index (χ4v) is 2.68. The van der Waals surface area contributed by atoms with Gasteiger partial charge in [0.1, 0.15) is 23.5 Å². The molecule has 0 aliphatic carbocycles. The number of carbonyl (C=O) groups excluding carboxylic acids is 2. The average Bonchev–Trinajstić information content (AvgIpc) is 2.88. The number of ether oxygens (including phenoxy) is 3. The first-order chi connectivity index (χ1) is 11.2. The lowest BCUT2D eigenvalue weighted by molar-refractivity contribution is -0.145. The fourth-order valence-electron chi connectivity index (χ4n) is 2.50. The number of halogens is 1. The molecule has 1 amide bonds. The maximum Gasteiger partial charge on any atom is 0.411 e. The van der Waals surface area contributed by atoms with Crippen molar-refractivity contribution in [2.75, 3.05) is 13.7 Å². The van der Waals surface area contributed by atoms with E-state index in [1.807, 2.05) is 0 Å². The molecule has 1 aromatic carbocycles. The maximum atomic E-state index is 12.4. The Hall–Kier alpha value is -1.95. The highest BCUT2D eigenvalue weighted by Gasteiger charge is 2.43. The zero-order chi connectivity index (χ0) is 17.9. The Morgan fingerprint density at radius 2 is 2.00 bits per heavy atom. The van der Waals surface area contributed by atoms with Gasteiger partial charge in [0.15, 0.2) is 0 Å². The number of methoxy groups -OCH3 is 1. The van der Waals surface area contributed by atoms with E-state index in [0.717, 1.165) is 0 Å². The first-order valence-corrected chi connectivity index (χ1v) is 8.07. The first-order valence-electron chi connectivity index (χ1n) is 7.69. The number of benzene rings is 1. The monoisotopic (exact) mass is 355 g/mol. The van der Waals surface area contributed by atoms with E-state index in [1.54, 1.807) is 45.0 Å². The molecule has 24 heavy (non-hydrogen) atoms. The summed E-state index contributed by atoms with van der Waals surface area (Å²) in [4.78, 5) is 25.7. The van der Waals surface area contributed by atoms with Crippen molar-refractivity contribution in [2.24, 2.45) is 0 Å². The van der Waals surface area contributed by atoms with Gasteiger partial charge in [-0.25, -0.2) is 9.59 Å². The van der Waals surface area contributed by atoms with Gasteiger partial charge in [-0.05, 0) is 39.0 Å². The summed E-state index contributed by atoms with van der Waals surface area (Å²) in [6, 6.07) is 6.25. The number of rotatable bonds is 3. The zero-order valence-corrected chi connectivity index (χ0v) is 15.0. The van der Waals surface area contributed by atoms with E-state index in [2.05, 4.69) is 0 Å². The zero-order valence-electron chi connectivity index (χ0n) is 14.2. The minimum absolute atomic E-state index is 0.237. The van der Waals surface area contributed by atoms with Crippen LogP contribution in [0, 0.1) is 0 Å². The highest BCUT2D eigenvalue weighted by molar-refractivity contribution is 6.30. The summed E-state index contributed by atoms with van der Waals surface area (Å²) in [6.45, 7) is 5.55. The highest BCUT2D eigenvalue weighted by atomic mass is 35.5. The van der Waals surface area contributed by atoms with Gasteiger partial charge in [0, 0.05) is 11.4 Å². The van der Waals surface area contributed by atoms with Crippen LogP contribution in [0.15, 0.2) is 24.3 Å². The quantitative estimate of drug-likeness (QED) is 0.778. The molecule has 2 rings (SSSR count). The molecule has 0 radical (unpaired) electrons. The standard InChI is InChI=1S/C17H22ClNO5/c1-17(2,3)24-16(21)19-10-13(9-14(19)15(20)22-4)23-12-7-5-6-11(18)8-12/h5-8,13-14H,9-10H2,1-4H3/t13-,14?/m0/s1. The Morgan fingerprint density at radius 3 is 2.58 bits per heavy atom. The van der Waals surface area contributed by atoms with Gasteiger partial charge in [0.05, 0.1) is 13.7 Å². The fraction of sp³-hybridized carbons (Fsp3) is 0.529. The molecule has 1 saturated heterocycles. The number of amides is 1. The van der Waals surface area contributed by atoms with E-state index in [-0.39, 0.29) is 12.6 Å². The lowest BCUT2D eigenvalue weighted by Gasteiger charge is -2.27. The van der Waals surface area contributed by atoms with Crippen LogP contribution in [0.3, 0.4) is 0 Å². The third-order valence-corrected chi connectivity index (χ3v) is 3.70. The third kappa shape index (κ3) is 4.77. The summed E-state index contributed by atoms with van der Waals surface area (Å²) in [6.07, 6.45) is -0.575. The van der Waals surface area contributed by atoms with Crippen molar-refractivity contribution in [2.45, 2.75) is 44.9 Å². The van der Waals surface area contributed by atoms with Crippen LogP contribution in [-0.2, 0) is 14.3 Å². The Labute approximate surface area is 146 Å². The van der Waals surface area contributed by atoms with E-state index < -0.39 is 23.7 Å². The van der Waals surface area contributed by atoms with Crippen molar-refractivity contribution in [3.05, 3.63) is 29.3 Å². The Morgan fingerprint density at radius 1 is 1.29 bits per heavy atom. The molecule has 132 valence electrons. The minimum atomic E-state index is -0.728. The minimum Gasteiger partial charge on any atom is -0.488 e. The van der Waals surface area contributed by atoms with E-state index in [9.17, 15) is 9.59 Å². The van der Waals surface area contributed by atoms with E-state index >= 15 is 0 Å². The van der Waals surface area contributed by atoms with Crippen molar-refractivity contribution < 1.29 is 23.8 Å². The topological polar surface area (TPSA) is 65.1 Å². The molecule has 6 nitrogen and oxygen atoms in total. The van der Waals surface area contributed by atoms with Crippen LogP contribution in [0.2, 0.25) is 5.02 Å². The number of nitrogens with zero attached hydrogens (tertiary/aromatic N) is 1. The second kappa shape index (κ2) is 7.30. The van der Waals surface area contributed by atoms with Crippen molar-refractivity contribution >= 4 is 23.7 Å². The molecule has 7 heteroatoms. The molecule has 1 heterocycles. The summed E-state index contributed by atoms with van der Waals surface area (Å²) < 4.78 is 16.0. The molecule has 0 saturated carbocycles. The van der Waals surface area contributed by atoms with Gasteiger partial charge in [0.25, 0.3) is 0 Å².